The van der Waals surface area contributed by atoms with Crippen LogP contribution >= 0.6 is 23.1 Å². The van der Waals surface area contributed by atoms with Crippen molar-refractivity contribution in [3.63, 3.8) is 0 Å². The van der Waals surface area contributed by atoms with Gasteiger partial charge in [0, 0.05) is 23.6 Å². The molecule has 2 aliphatic heterocycles. The van der Waals surface area contributed by atoms with E-state index in [4.69, 9.17) is 15.3 Å². The molecule has 0 saturated carbocycles. The number of esters is 1. The summed E-state index contributed by atoms with van der Waals surface area (Å²) in [6, 6.07) is -1.02. The van der Waals surface area contributed by atoms with Crippen molar-refractivity contribution in [2.45, 2.75) is 24.9 Å². The normalized spacial score (nSPS) is 19.6. The van der Waals surface area contributed by atoms with Crippen LogP contribution in [0.15, 0.2) is 28.0 Å². The third kappa shape index (κ3) is 5.09. The van der Waals surface area contributed by atoms with E-state index in [1.54, 1.807) is 0 Å². The van der Waals surface area contributed by atoms with Crippen molar-refractivity contribution in [1.29, 1.82) is 0 Å². The molecular weight excluding hydrogens is 504 g/mol. The number of thiazole rings is 1. The van der Waals surface area contributed by atoms with Crippen LogP contribution in [0.2, 0.25) is 0 Å². The Hall–Kier alpha value is -3.99. The van der Waals surface area contributed by atoms with Crippen LogP contribution in [-0.4, -0.2) is 83.6 Å². The quantitative estimate of drug-likeness (QED) is 0.136. The number of hydrogen-bond acceptors (Lipinski definition) is 13. The van der Waals surface area contributed by atoms with Gasteiger partial charge in [-0.1, -0.05) is 5.16 Å². The van der Waals surface area contributed by atoms with Crippen molar-refractivity contribution >= 4 is 57.7 Å². The van der Waals surface area contributed by atoms with Gasteiger partial charge in [0.15, 0.2) is 17.5 Å². The van der Waals surface area contributed by atoms with Gasteiger partial charge in [-0.3, -0.25) is 19.3 Å². The van der Waals surface area contributed by atoms with Crippen molar-refractivity contribution < 1.29 is 33.9 Å². The number of H-pyrrole nitrogens is 1. The smallest absolute Gasteiger partial charge is 0.352 e. The zero-order valence-corrected chi connectivity index (χ0v) is 19.6. The van der Waals surface area contributed by atoms with Crippen LogP contribution in [-0.2, 0) is 35.4 Å². The summed E-state index contributed by atoms with van der Waals surface area (Å²) in [4.78, 5) is 59.1. The molecule has 0 aliphatic carbocycles. The Morgan fingerprint density at radius 1 is 1.40 bits per heavy atom. The van der Waals surface area contributed by atoms with Crippen LogP contribution < -0.4 is 11.1 Å². The number of carbonyl (C=O) groups excluding carboxylic acids is 3. The van der Waals surface area contributed by atoms with E-state index in [1.807, 2.05) is 0 Å². The number of nitrogen functional groups attached to an aromatic ring is 1. The second-order valence-electron chi connectivity index (χ2n) is 7.14. The molecule has 15 nitrogen and oxygen atoms in total. The lowest BCUT2D eigenvalue weighted by Gasteiger charge is -2.49. The lowest BCUT2D eigenvalue weighted by Crippen LogP contribution is -2.71. The molecule has 2 aromatic rings. The molecule has 2 amide bonds. The molecule has 4 rings (SSSR count). The number of nitrogens with zero attached hydrogens (tertiary/aromatic N) is 5. The van der Waals surface area contributed by atoms with Gasteiger partial charge in [-0.2, -0.15) is 15.4 Å². The summed E-state index contributed by atoms with van der Waals surface area (Å²) in [5.74, 6) is -3.11. The van der Waals surface area contributed by atoms with Gasteiger partial charge in [0.25, 0.3) is 11.8 Å². The summed E-state index contributed by atoms with van der Waals surface area (Å²) in [5, 5.41) is 27.0. The fourth-order valence-corrected chi connectivity index (χ4v) is 5.13. The third-order valence-electron chi connectivity index (χ3n) is 4.80. The number of β-lactam (4-membered cyclic amide) rings is 1. The second-order valence-corrected chi connectivity index (χ2v) is 9.14. The van der Waals surface area contributed by atoms with E-state index in [1.165, 1.54) is 30.3 Å². The second kappa shape index (κ2) is 10.1. The zero-order chi connectivity index (χ0) is 25.1. The summed E-state index contributed by atoms with van der Waals surface area (Å²) in [5.41, 5.74) is 6.05. The molecule has 1 fully saturated rings. The van der Waals surface area contributed by atoms with Crippen LogP contribution in [0.1, 0.15) is 18.3 Å². The number of aromatic amines is 1. The van der Waals surface area contributed by atoms with Gasteiger partial charge in [0.05, 0.1) is 6.20 Å². The summed E-state index contributed by atoms with van der Waals surface area (Å²) < 4.78 is 4.91. The Morgan fingerprint density at radius 2 is 2.20 bits per heavy atom. The highest BCUT2D eigenvalue weighted by atomic mass is 32.2. The van der Waals surface area contributed by atoms with E-state index in [0.29, 0.717) is 5.69 Å². The van der Waals surface area contributed by atoms with E-state index in [2.05, 4.69) is 30.9 Å². The maximum absolute atomic E-state index is 13.0. The van der Waals surface area contributed by atoms with Gasteiger partial charge < -0.3 is 25.7 Å². The van der Waals surface area contributed by atoms with Gasteiger partial charge in [-0.15, -0.1) is 23.1 Å². The number of nitrogens with one attached hydrogen (secondary N) is 2. The maximum atomic E-state index is 13.0. The number of amides is 2. The lowest BCUT2D eigenvalue weighted by atomic mass is 10.0. The fourth-order valence-electron chi connectivity index (χ4n) is 3.25. The Kier molecular flexibility index (Phi) is 6.97. The largest absolute Gasteiger partial charge is 0.477 e. The molecule has 0 radical (unpaired) electrons. The number of carboxylic acids is 1. The van der Waals surface area contributed by atoms with Gasteiger partial charge >= 0.3 is 11.9 Å². The molecule has 4 heterocycles. The van der Waals surface area contributed by atoms with Crippen molar-refractivity contribution in [2.75, 3.05) is 18.1 Å². The van der Waals surface area contributed by atoms with E-state index < -0.39 is 35.2 Å². The molecule has 0 spiro atoms. The average Bonchev–Trinajstić information content (AvgIpc) is 3.49. The number of aliphatic carboxylic acids is 1. The first-order valence-corrected chi connectivity index (χ1v) is 11.8. The summed E-state index contributed by atoms with van der Waals surface area (Å²) in [6.07, 6.45) is 1.42. The number of aromatic nitrogens is 4. The molecule has 2 aliphatic rings. The molecule has 0 unspecified atom stereocenters. The minimum atomic E-state index is -1.34. The maximum Gasteiger partial charge on any atom is 0.352 e. The Labute approximate surface area is 204 Å². The Bertz CT molecular complexity index is 1230. The molecule has 2 aromatic heterocycles. The van der Waals surface area contributed by atoms with Crippen LogP contribution in [0.4, 0.5) is 5.13 Å². The highest BCUT2D eigenvalue weighted by molar-refractivity contribution is 8.00. The highest BCUT2D eigenvalue weighted by Gasteiger charge is 2.54. The van der Waals surface area contributed by atoms with E-state index in [9.17, 15) is 24.3 Å². The molecular formula is C18H18N8O7S2. The molecule has 0 bridgehead atoms. The number of hydrogen-bond donors (Lipinski definition) is 4. The number of carbonyl (C=O) groups is 4. The average molecular weight is 523 g/mol. The molecule has 2 atom stereocenters. The zero-order valence-electron chi connectivity index (χ0n) is 18.0. The molecule has 1 saturated heterocycles. The number of thioether (sulfide) groups is 1. The minimum Gasteiger partial charge on any atom is -0.477 e. The fraction of sp³-hybridized carbons (Fsp3) is 0.333. The van der Waals surface area contributed by atoms with E-state index >= 15 is 0 Å². The summed E-state index contributed by atoms with van der Waals surface area (Å²) in [6.45, 7) is 0.867. The number of ether oxygens (including phenoxy) is 1. The first-order valence-electron chi connectivity index (χ1n) is 9.86. The van der Waals surface area contributed by atoms with E-state index in [-0.39, 0.29) is 46.8 Å². The monoisotopic (exact) mass is 522 g/mol. The number of carboxylic acid groups (broad SMARTS) is 1. The minimum absolute atomic E-state index is 0.0839. The summed E-state index contributed by atoms with van der Waals surface area (Å²) >= 11 is 2.32. The first-order chi connectivity index (χ1) is 16.8. The number of anilines is 1. The lowest BCUT2D eigenvalue weighted by molar-refractivity contribution is -0.150. The Balaban J connectivity index is 1.49. The number of rotatable bonds is 9. The van der Waals surface area contributed by atoms with Crippen molar-refractivity contribution in [2.24, 2.45) is 5.16 Å². The number of nitrogens with two attached hydrogens (primary N) is 1. The predicted octanol–water partition coefficient (Wildman–Crippen LogP) is -0.934. The molecule has 184 valence electrons. The SMILES string of the molecule is CC(=O)OCC1=C(C(=O)O)N2C(=O)[C@@H](NC(=O)C(=NOCc3cn[nH]n3)c3csc(N)n3)[C@@H]2SC1. The van der Waals surface area contributed by atoms with E-state index in [0.717, 1.165) is 16.2 Å². The molecule has 0 aromatic carbocycles. The van der Waals surface area contributed by atoms with Crippen molar-refractivity contribution in [3.05, 3.63) is 34.2 Å². The number of fused-ring (bicyclic) bond motifs is 1. The molecule has 17 heteroatoms. The van der Waals surface area contributed by atoms with Crippen molar-refractivity contribution in [1.82, 2.24) is 30.6 Å². The third-order valence-corrected chi connectivity index (χ3v) is 6.81. The van der Waals surface area contributed by atoms with Crippen LogP contribution in [0, 0.1) is 0 Å². The molecule has 35 heavy (non-hydrogen) atoms. The first kappa shape index (κ1) is 24.1. The van der Waals surface area contributed by atoms with Gasteiger partial charge in [-0.25, -0.2) is 9.78 Å². The standard InChI is InChI=1S/C18H18N8O7S2/c1-7(27)32-3-8-5-34-16-12(15(29)26(16)13(8)17(30)31)22-14(28)11(10-6-35-18(19)21-10)24-33-4-9-2-20-25-23-9/h2,6,12,16H,3-5H2,1H3,(H2,19,21)(H,22,28)(H,30,31)(H,20,23,25)/t12-,16+/m1/s1. The highest BCUT2D eigenvalue weighted by Crippen LogP contribution is 2.40. The topological polar surface area (TPSA) is 215 Å². The van der Waals surface area contributed by atoms with Crippen LogP contribution in [0.5, 0.6) is 0 Å². The molecule has 5 N–H and O–H groups in total. The predicted molar refractivity (Wildman–Crippen MR) is 121 cm³/mol. The number of oxime groups is 1. The van der Waals surface area contributed by atoms with Gasteiger partial charge in [0.2, 0.25) is 0 Å². The Morgan fingerprint density at radius 3 is 2.83 bits per heavy atom. The van der Waals surface area contributed by atoms with Crippen molar-refractivity contribution in [3.8, 4) is 0 Å². The summed E-state index contributed by atoms with van der Waals surface area (Å²) in [7, 11) is 0. The van der Waals surface area contributed by atoms with Crippen LogP contribution in [0.25, 0.3) is 0 Å². The van der Waals surface area contributed by atoms with Gasteiger partial charge in [0.1, 0.15) is 35.1 Å². The van der Waals surface area contributed by atoms with Gasteiger partial charge in [-0.05, 0) is 0 Å². The van der Waals surface area contributed by atoms with Crippen LogP contribution in [0.3, 0.4) is 0 Å².